The molecule has 3 rings (SSSR count). The molecule has 0 aliphatic carbocycles. The van der Waals surface area contributed by atoms with E-state index >= 15 is 0 Å². The van der Waals surface area contributed by atoms with Gasteiger partial charge in [-0.2, -0.15) is 4.98 Å². The molecule has 8 nitrogen and oxygen atoms in total. The number of carbonyl (C=O) groups is 1. The highest BCUT2D eigenvalue weighted by molar-refractivity contribution is 6.30. The maximum absolute atomic E-state index is 12.0. The van der Waals surface area contributed by atoms with Gasteiger partial charge in [-0.1, -0.05) is 16.8 Å². The smallest absolute Gasteiger partial charge is 0.340 e. The summed E-state index contributed by atoms with van der Waals surface area (Å²) in [5, 5.41) is 4.43. The lowest BCUT2D eigenvalue weighted by Crippen LogP contribution is -2.29. The van der Waals surface area contributed by atoms with Crippen LogP contribution < -0.4 is 15.6 Å². The van der Waals surface area contributed by atoms with Gasteiger partial charge in [-0.05, 0) is 30.3 Å². The minimum Gasteiger partial charge on any atom is -0.481 e. The van der Waals surface area contributed by atoms with E-state index in [4.69, 9.17) is 20.9 Å². The first-order valence-corrected chi connectivity index (χ1v) is 7.19. The number of anilines is 1. The molecule has 9 heteroatoms. The standard InChI is InChI=1S/C15H12ClN5O3/c1-23-12-7-4-10(8-17-12)14(22)19-20-15-18-13(21-24-15)9-2-5-11(16)6-3-9/h2-8H,1H3,(H,19,22)(H,18,20,21). The lowest BCUT2D eigenvalue weighted by atomic mass is 10.2. The van der Waals surface area contributed by atoms with Crippen LogP contribution in [-0.2, 0) is 0 Å². The van der Waals surface area contributed by atoms with E-state index in [2.05, 4.69) is 26.0 Å². The fourth-order valence-electron chi connectivity index (χ4n) is 1.81. The fraction of sp³-hybridized carbons (Fsp3) is 0.0667. The molecule has 0 unspecified atom stereocenters. The van der Waals surface area contributed by atoms with E-state index in [0.717, 1.165) is 5.56 Å². The van der Waals surface area contributed by atoms with Gasteiger partial charge in [0.05, 0.1) is 12.7 Å². The number of hydrogen-bond donors (Lipinski definition) is 2. The molecule has 122 valence electrons. The van der Waals surface area contributed by atoms with Gasteiger partial charge in [-0.25, -0.2) is 10.4 Å². The number of benzene rings is 1. The first kappa shape index (κ1) is 15.8. The van der Waals surface area contributed by atoms with Gasteiger partial charge in [0.1, 0.15) is 0 Å². The van der Waals surface area contributed by atoms with Crippen molar-refractivity contribution in [3.63, 3.8) is 0 Å². The minimum atomic E-state index is -0.406. The summed E-state index contributed by atoms with van der Waals surface area (Å²) in [5.41, 5.74) is 6.07. The Labute approximate surface area is 141 Å². The minimum absolute atomic E-state index is 0.0507. The van der Waals surface area contributed by atoms with E-state index in [-0.39, 0.29) is 6.01 Å². The fourth-order valence-corrected chi connectivity index (χ4v) is 1.93. The summed E-state index contributed by atoms with van der Waals surface area (Å²) in [6.07, 6.45) is 1.39. The van der Waals surface area contributed by atoms with Crippen molar-refractivity contribution < 1.29 is 14.1 Å². The third-order valence-corrected chi connectivity index (χ3v) is 3.27. The van der Waals surface area contributed by atoms with Crippen LogP contribution in [0.25, 0.3) is 11.4 Å². The Morgan fingerprint density at radius 3 is 2.67 bits per heavy atom. The zero-order valence-corrected chi connectivity index (χ0v) is 13.2. The number of nitrogens with one attached hydrogen (secondary N) is 2. The van der Waals surface area contributed by atoms with Crippen LogP contribution in [0.3, 0.4) is 0 Å². The predicted molar refractivity (Wildman–Crippen MR) is 86.6 cm³/mol. The molecular formula is C15H12ClN5O3. The number of aromatic nitrogens is 3. The third kappa shape index (κ3) is 3.61. The Kier molecular flexibility index (Phi) is 4.57. The Hall–Kier alpha value is -3.13. The van der Waals surface area contributed by atoms with Gasteiger partial charge in [0.15, 0.2) is 0 Å². The number of rotatable bonds is 5. The maximum atomic E-state index is 12.0. The molecule has 2 heterocycles. The molecule has 1 amide bonds. The number of hydrogen-bond acceptors (Lipinski definition) is 7. The largest absolute Gasteiger partial charge is 0.481 e. The first-order valence-electron chi connectivity index (χ1n) is 6.82. The highest BCUT2D eigenvalue weighted by Gasteiger charge is 2.10. The number of amides is 1. The van der Waals surface area contributed by atoms with Gasteiger partial charge in [-0.3, -0.25) is 10.2 Å². The van der Waals surface area contributed by atoms with Gasteiger partial charge in [0.2, 0.25) is 11.7 Å². The molecule has 2 aromatic heterocycles. The predicted octanol–water partition coefficient (Wildman–Crippen LogP) is 2.55. The van der Waals surface area contributed by atoms with Gasteiger partial charge >= 0.3 is 6.01 Å². The van der Waals surface area contributed by atoms with Crippen molar-refractivity contribution in [3.8, 4) is 17.3 Å². The van der Waals surface area contributed by atoms with E-state index in [1.165, 1.54) is 13.3 Å². The zero-order valence-electron chi connectivity index (χ0n) is 12.5. The number of methoxy groups -OCH3 is 1. The summed E-state index contributed by atoms with van der Waals surface area (Å²) in [6, 6.07) is 10.2. The molecule has 0 radical (unpaired) electrons. The van der Waals surface area contributed by atoms with Crippen molar-refractivity contribution >= 4 is 23.5 Å². The lowest BCUT2D eigenvalue weighted by molar-refractivity contribution is 0.0960. The third-order valence-electron chi connectivity index (χ3n) is 3.02. The van der Waals surface area contributed by atoms with Gasteiger partial charge in [-0.15, -0.1) is 0 Å². The lowest BCUT2D eigenvalue weighted by Gasteiger charge is -2.04. The molecule has 0 bridgehead atoms. The first-order chi connectivity index (χ1) is 11.7. The average molecular weight is 346 g/mol. The van der Waals surface area contributed by atoms with E-state index in [9.17, 15) is 4.79 Å². The Balaban J connectivity index is 1.62. The molecule has 0 saturated carbocycles. The van der Waals surface area contributed by atoms with Gasteiger partial charge in [0.25, 0.3) is 5.91 Å². The number of nitrogens with zero attached hydrogens (tertiary/aromatic N) is 3. The Morgan fingerprint density at radius 1 is 1.21 bits per heavy atom. The molecule has 0 saturated heterocycles. The molecule has 0 aliphatic rings. The molecule has 0 aliphatic heterocycles. The van der Waals surface area contributed by atoms with Crippen LogP contribution in [0.15, 0.2) is 47.1 Å². The summed E-state index contributed by atoms with van der Waals surface area (Å²) in [6.45, 7) is 0. The van der Waals surface area contributed by atoms with E-state index in [1.54, 1.807) is 36.4 Å². The summed E-state index contributed by atoms with van der Waals surface area (Å²) in [4.78, 5) is 20.0. The summed E-state index contributed by atoms with van der Waals surface area (Å²) < 4.78 is 9.95. The summed E-state index contributed by atoms with van der Waals surface area (Å²) in [5.74, 6) is 0.384. The second kappa shape index (κ2) is 6.97. The van der Waals surface area contributed by atoms with Crippen molar-refractivity contribution in [2.45, 2.75) is 0 Å². The number of pyridine rings is 1. The SMILES string of the molecule is COc1ccc(C(=O)NNc2nc(-c3ccc(Cl)cc3)no2)cn1. The molecular weight excluding hydrogens is 334 g/mol. The Morgan fingerprint density at radius 2 is 2.00 bits per heavy atom. The van der Waals surface area contributed by atoms with E-state index in [0.29, 0.717) is 22.3 Å². The number of carbonyl (C=O) groups excluding carboxylic acids is 1. The maximum Gasteiger partial charge on any atom is 0.340 e. The van der Waals surface area contributed by atoms with Crippen molar-refractivity contribution in [2.24, 2.45) is 0 Å². The second-order valence-electron chi connectivity index (χ2n) is 4.60. The van der Waals surface area contributed by atoms with Crippen LogP contribution in [-0.4, -0.2) is 28.1 Å². The van der Waals surface area contributed by atoms with Gasteiger partial charge in [0, 0.05) is 22.8 Å². The highest BCUT2D eigenvalue weighted by atomic mass is 35.5. The van der Waals surface area contributed by atoms with Crippen molar-refractivity contribution in [1.29, 1.82) is 0 Å². The molecule has 0 atom stereocenters. The van der Waals surface area contributed by atoms with Crippen LogP contribution in [0.5, 0.6) is 5.88 Å². The number of ether oxygens (including phenoxy) is 1. The Bertz CT molecular complexity index is 833. The highest BCUT2D eigenvalue weighted by Crippen LogP contribution is 2.19. The summed E-state index contributed by atoms with van der Waals surface area (Å²) in [7, 11) is 1.50. The molecule has 3 aromatic rings. The van der Waals surface area contributed by atoms with Crippen LogP contribution in [0, 0.1) is 0 Å². The average Bonchev–Trinajstić information content (AvgIpc) is 3.09. The quantitative estimate of drug-likeness (QED) is 0.685. The molecule has 24 heavy (non-hydrogen) atoms. The van der Waals surface area contributed by atoms with Crippen LogP contribution >= 0.6 is 11.6 Å². The van der Waals surface area contributed by atoms with Crippen LogP contribution in [0.4, 0.5) is 6.01 Å². The van der Waals surface area contributed by atoms with E-state index in [1.807, 2.05) is 0 Å². The molecule has 1 aromatic carbocycles. The number of hydrazine groups is 1. The molecule has 0 spiro atoms. The molecule has 2 N–H and O–H groups in total. The number of halogens is 1. The second-order valence-corrected chi connectivity index (χ2v) is 5.03. The van der Waals surface area contributed by atoms with Gasteiger partial charge < -0.3 is 9.26 Å². The monoisotopic (exact) mass is 345 g/mol. The van der Waals surface area contributed by atoms with Crippen LogP contribution in [0.1, 0.15) is 10.4 Å². The van der Waals surface area contributed by atoms with Crippen molar-refractivity contribution in [3.05, 3.63) is 53.2 Å². The zero-order chi connectivity index (χ0) is 16.9. The van der Waals surface area contributed by atoms with E-state index < -0.39 is 5.91 Å². The topological polar surface area (TPSA) is 102 Å². The molecule has 0 fully saturated rings. The van der Waals surface area contributed by atoms with Crippen molar-refractivity contribution in [2.75, 3.05) is 12.5 Å². The summed E-state index contributed by atoms with van der Waals surface area (Å²) >= 11 is 5.83. The van der Waals surface area contributed by atoms with Crippen molar-refractivity contribution in [1.82, 2.24) is 20.6 Å². The normalized spacial score (nSPS) is 10.2. The van der Waals surface area contributed by atoms with Crippen LogP contribution in [0.2, 0.25) is 5.02 Å².